The fourth-order valence-electron chi connectivity index (χ4n) is 1.08. The number of benzene rings is 1. The fraction of sp³-hybridized carbons (Fsp3) is 0. The van der Waals surface area contributed by atoms with E-state index in [1.54, 1.807) is 36.5 Å². The first-order valence-electron chi connectivity index (χ1n) is 4.14. The first-order chi connectivity index (χ1) is 6.86. The molecule has 0 saturated carbocycles. The zero-order chi connectivity index (χ0) is 9.80. The van der Waals surface area contributed by atoms with Gasteiger partial charge in [0.2, 0.25) is 0 Å². The van der Waals surface area contributed by atoms with Crippen LogP contribution in [0.1, 0.15) is 11.3 Å². The summed E-state index contributed by atoms with van der Waals surface area (Å²) in [7, 11) is 0. The van der Waals surface area contributed by atoms with Crippen LogP contribution in [0.2, 0.25) is 0 Å². The number of hydrogen-bond acceptors (Lipinski definition) is 2. The normalized spacial score (nSPS) is 10.9. The standard InChI is InChI=1S/C10H8FN3/c11-10-4-2-1-3-8(10)5-6-9-7-12-14-13-9/h1-7H,(H,12,13,14)/b6-5+. The van der Waals surface area contributed by atoms with Crippen LogP contribution < -0.4 is 0 Å². The Kier molecular flexibility index (Phi) is 2.36. The Labute approximate surface area is 80.3 Å². The van der Waals surface area contributed by atoms with Crippen molar-refractivity contribution < 1.29 is 4.39 Å². The Morgan fingerprint density at radius 2 is 2.07 bits per heavy atom. The van der Waals surface area contributed by atoms with E-state index in [4.69, 9.17) is 0 Å². The molecule has 0 atom stereocenters. The number of nitrogens with zero attached hydrogens (tertiary/aromatic N) is 2. The van der Waals surface area contributed by atoms with E-state index in [1.165, 1.54) is 6.07 Å². The molecule has 3 nitrogen and oxygen atoms in total. The summed E-state index contributed by atoms with van der Waals surface area (Å²) in [5.41, 5.74) is 1.21. The zero-order valence-corrected chi connectivity index (χ0v) is 7.31. The molecule has 2 aromatic rings. The van der Waals surface area contributed by atoms with E-state index in [2.05, 4.69) is 15.4 Å². The SMILES string of the molecule is Fc1ccccc1/C=C/c1cn[nH]n1. The van der Waals surface area contributed by atoms with Crippen LogP contribution in [0.3, 0.4) is 0 Å². The van der Waals surface area contributed by atoms with Gasteiger partial charge >= 0.3 is 0 Å². The summed E-state index contributed by atoms with van der Waals surface area (Å²) in [5.74, 6) is -0.243. The maximum atomic E-state index is 13.1. The molecule has 0 saturated heterocycles. The average Bonchev–Trinajstić information content (AvgIpc) is 2.69. The lowest BCUT2D eigenvalue weighted by atomic mass is 10.2. The lowest BCUT2D eigenvalue weighted by Gasteiger charge is -1.93. The first kappa shape index (κ1) is 8.62. The maximum absolute atomic E-state index is 13.1. The molecule has 0 unspecified atom stereocenters. The van der Waals surface area contributed by atoms with E-state index in [0.29, 0.717) is 11.3 Å². The van der Waals surface area contributed by atoms with E-state index in [0.717, 1.165) is 0 Å². The molecule has 70 valence electrons. The number of halogens is 1. The second-order valence-electron chi connectivity index (χ2n) is 2.75. The second kappa shape index (κ2) is 3.83. The minimum Gasteiger partial charge on any atom is -0.206 e. The van der Waals surface area contributed by atoms with Crippen molar-refractivity contribution in [1.29, 1.82) is 0 Å². The van der Waals surface area contributed by atoms with Crippen molar-refractivity contribution in [2.24, 2.45) is 0 Å². The van der Waals surface area contributed by atoms with Crippen molar-refractivity contribution in [2.45, 2.75) is 0 Å². The van der Waals surface area contributed by atoms with Crippen LogP contribution in [0.25, 0.3) is 12.2 Å². The topological polar surface area (TPSA) is 41.6 Å². The van der Waals surface area contributed by atoms with Gasteiger partial charge in [0.25, 0.3) is 0 Å². The van der Waals surface area contributed by atoms with Gasteiger partial charge in [-0.15, -0.1) is 0 Å². The quantitative estimate of drug-likeness (QED) is 0.786. The maximum Gasteiger partial charge on any atom is 0.130 e. The van der Waals surface area contributed by atoms with E-state index >= 15 is 0 Å². The summed E-state index contributed by atoms with van der Waals surface area (Å²) in [5, 5.41) is 9.93. The summed E-state index contributed by atoms with van der Waals surface area (Å²) in [6, 6.07) is 6.56. The summed E-state index contributed by atoms with van der Waals surface area (Å²) < 4.78 is 13.1. The van der Waals surface area contributed by atoms with E-state index in [1.807, 2.05) is 0 Å². The molecule has 0 aliphatic carbocycles. The molecule has 14 heavy (non-hydrogen) atoms. The predicted octanol–water partition coefficient (Wildman–Crippen LogP) is 2.11. The smallest absolute Gasteiger partial charge is 0.130 e. The van der Waals surface area contributed by atoms with E-state index in [9.17, 15) is 4.39 Å². The van der Waals surface area contributed by atoms with Gasteiger partial charge in [0.1, 0.15) is 11.5 Å². The molecule has 0 spiro atoms. The van der Waals surface area contributed by atoms with Gasteiger partial charge in [-0.1, -0.05) is 18.2 Å². The average molecular weight is 189 g/mol. The highest BCUT2D eigenvalue weighted by Crippen LogP contribution is 2.09. The Morgan fingerprint density at radius 3 is 2.79 bits per heavy atom. The number of aromatic nitrogens is 3. The largest absolute Gasteiger partial charge is 0.206 e. The van der Waals surface area contributed by atoms with E-state index < -0.39 is 0 Å². The number of aromatic amines is 1. The Hall–Kier alpha value is -1.97. The molecule has 0 radical (unpaired) electrons. The molecule has 0 aliphatic heterocycles. The van der Waals surface area contributed by atoms with Crippen molar-refractivity contribution in [3.05, 3.63) is 47.5 Å². The van der Waals surface area contributed by atoms with Gasteiger partial charge in [-0.05, 0) is 18.2 Å². The molecule has 1 heterocycles. The Bertz CT molecular complexity index is 434. The Balaban J connectivity index is 2.23. The third kappa shape index (κ3) is 1.85. The van der Waals surface area contributed by atoms with Gasteiger partial charge in [0.15, 0.2) is 0 Å². The number of hydrogen-bond donors (Lipinski definition) is 1. The van der Waals surface area contributed by atoms with Crippen LogP contribution in [-0.2, 0) is 0 Å². The van der Waals surface area contributed by atoms with Crippen LogP contribution in [0, 0.1) is 5.82 Å². The van der Waals surface area contributed by atoms with Crippen molar-refractivity contribution in [3.8, 4) is 0 Å². The van der Waals surface area contributed by atoms with Gasteiger partial charge < -0.3 is 0 Å². The molecule has 2 rings (SSSR count). The molecular weight excluding hydrogens is 181 g/mol. The second-order valence-corrected chi connectivity index (χ2v) is 2.75. The fourth-order valence-corrected chi connectivity index (χ4v) is 1.08. The van der Waals surface area contributed by atoms with Gasteiger partial charge in [-0.2, -0.15) is 15.4 Å². The molecule has 1 aromatic heterocycles. The minimum absolute atomic E-state index is 0.243. The summed E-state index contributed by atoms with van der Waals surface area (Å²) in [6.45, 7) is 0. The number of H-pyrrole nitrogens is 1. The van der Waals surface area contributed by atoms with Gasteiger partial charge in [-0.25, -0.2) is 4.39 Å². The molecular formula is C10H8FN3. The molecule has 1 aromatic carbocycles. The van der Waals surface area contributed by atoms with Crippen molar-refractivity contribution >= 4 is 12.2 Å². The van der Waals surface area contributed by atoms with Gasteiger partial charge in [-0.3, -0.25) is 0 Å². The lowest BCUT2D eigenvalue weighted by molar-refractivity contribution is 0.625. The van der Waals surface area contributed by atoms with E-state index in [-0.39, 0.29) is 5.82 Å². The van der Waals surface area contributed by atoms with Crippen LogP contribution in [0.5, 0.6) is 0 Å². The summed E-state index contributed by atoms with van der Waals surface area (Å²) in [4.78, 5) is 0. The lowest BCUT2D eigenvalue weighted by Crippen LogP contribution is -1.79. The number of rotatable bonds is 2. The highest BCUT2D eigenvalue weighted by molar-refractivity contribution is 5.67. The zero-order valence-electron chi connectivity index (χ0n) is 7.31. The monoisotopic (exact) mass is 189 g/mol. The minimum atomic E-state index is -0.243. The molecule has 0 amide bonds. The van der Waals surface area contributed by atoms with Crippen LogP contribution >= 0.6 is 0 Å². The first-order valence-corrected chi connectivity index (χ1v) is 4.14. The van der Waals surface area contributed by atoms with Crippen molar-refractivity contribution in [3.63, 3.8) is 0 Å². The number of nitrogens with one attached hydrogen (secondary N) is 1. The molecule has 0 bridgehead atoms. The predicted molar refractivity (Wildman–Crippen MR) is 51.7 cm³/mol. The molecule has 4 heteroatoms. The van der Waals surface area contributed by atoms with Crippen LogP contribution in [0.15, 0.2) is 30.5 Å². The van der Waals surface area contributed by atoms with Crippen LogP contribution in [0.4, 0.5) is 4.39 Å². The van der Waals surface area contributed by atoms with Gasteiger partial charge in [0, 0.05) is 5.56 Å². The van der Waals surface area contributed by atoms with Crippen molar-refractivity contribution in [2.75, 3.05) is 0 Å². The summed E-state index contributed by atoms with van der Waals surface area (Å²) in [6.07, 6.45) is 4.92. The highest BCUT2D eigenvalue weighted by atomic mass is 19.1. The highest BCUT2D eigenvalue weighted by Gasteiger charge is 1.95. The van der Waals surface area contributed by atoms with Crippen molar-refractivity contribution in [1.82, 2.24) is 15.4 Å². The third-order valence-corrected chi connectivity index (χ3v) is 1.77. The third-order valence-electron chi connectivity index (χ3n) is 1.77. The molecule has 1 N–H and O–H groups in total. The summed E-state index contributed by atoms with van der Waals surface area (Å²) >= 11 is 0. The molecule has 0 fully saturated rings. The molecule has 0 aliphatic rings. The van der Waals surface area contributed by atoms with Gasteiger partial charge in [0.05, 0.1) is 6.20 Å². The van der Waals surface area contributed by atoms with Crippen LogP contribution in [-0.4, -0.2) is 15.4 Å². The Morgan fingerprint density at radius 1 is 1.21 bits per heavy atom.